The minimum atomic E-state index is -0.862. The summed E-state index contributed by atoms with van der Waals surface area (Å²) in [7, 11) is 0. The molecule has 1 N–H and O–H groups in total. The van der Waals surface area contributed by atoms with Crippen LogP contribution < -0.4 is 0 Å². The van der Waals surface area contributed by atoms with Crippen LogP contribution in [0.25, 0.3) is 0 Å². The van der Waals surface area contributed by atoms with Gasteiger partial charge in [0.25, 0.3) is 0 Å². The van der Waals surface area contributed by atoms with Gasteiger partial charge in [0, 0.05) is 19.3 Å². The maximum atomic E-state index is 11.7. The first-order chi connectivity index (χ1) is 21.6. The van der Waals surface area contributed by atoms with E-state index in [1.165, 1.54) is 44.9 Å². The summed E-state index contributed by atoms with van der Waals surface area (Å²) in [5, 5.41) is 8.54. The number of ether oxygens (including phenoxy) is 8. The van der Waals surface area contributed by atoms with Gasteiger partial charge in [-0.3, -0.25) is 14.4 Å². The lowest BCUT2D eigenvalue weighted by Crippen LogP contribution is -2.15. The van der Waals surface area contributed by atoms with Gasteiger partial charge in [-0.25, -0.2) is 0 Å². The van der Waals surface area contributed by atoms with Crippen LogP contribution in [0, 0.1) is 0 Å². The molecule has 0 aromatic rings. The number of rotatable bonds is 36. The van der Waals surface area contributed by atoms with Crippen molar-refractivity contribution in [3.05, 3.63) is 0 Å². The van der Waals surface area contributed by atoms with Crippen LogP contribution in [0.3, 0.4) is 0 Å². The van der Waals surface area contributed by atoms with E-state index >= 15 is 0 Å². The van der Waals surface area contributed by atoms with Gasteiger partial charge in [0.15, 0.2) is 0 Å². The highest BCUT2D eigenvalue weighted by atomic mass is 16.6. The Morgan fingerprint density at radius 2 is 0.659 bits per heavy atom. The van der Waals surface area contributed by atoms with E-state index in [2.05, 4.69) is 6.92 Å². The summed E-state index contributed by atoms with van der Waals surface area (Å²) in [6.45, 7) is 7.76. The van der Waals surface area contributed by atoms with Crippen molar-refractivity contribution in [2.24, 2.45) is 0 Å². The molecule has 0 amide bonds. The van der Waals surface area contributed by atoms with Gasteiger partial charge in [0.2, 0.25) is 0 Å². The molecule has 0 bridgehead atoms. The molecule has 0 unspecified atom stereocenters. The number of esters is 2. The number of aliphatic carboxylic acids is 1. The molecule has 0 rings (SSSR count). The van der Waals surface area contributed by atoms with Crippen LogP contribution in [0.4, 0.5) is 0 Å². The molecule has 0 fully saturated rings. The largest absolute Gasteiger partial charge is 0.481 e. The Kier molecular flexibility index (Phi) is 34.2. The second-order valence-corrected chi connectivity index (χ2v) is 10.3. The fourth-order valence-corrected chi connectivity index (χ4v) is 3.90. The molecule has 12 nitrogen and oxygen atoms in total. The summed E-state index contributed by atoms with van der Waals surface area (Å²) in [6, 6.07) is 0. The molecule has 0 aliphatic rings. The minimum Gasteiger partial charge on any atom is -0.481 e. The van der Waals surface area contributed by atoms with Crippen molar-refractivity contribution >= 4 is 17.9 Å². The highest BCUT2D eigenvalue weighted by Gasteiger charge is 2.05. The molecule has 0 saturated carbocycles. The van der Waals surface area contributed by atoms with E-state index in [0.717, 1.165) is 12.8 Å². The first-order valence-electron chi connectivity index (χ1n) is 16.6. The van der Waals surface area contributed by atoms with Crippen molar-refractivity contribution < 1.29 is 57.4 Å². The van der Waals surface area contributed by atoms with Crippen LogP contribution in [0.15, 0.2) is 0 Å². The summed E-state index contributed by atoms with van der Waals surface area (Å²) in [5.41, 5.74) is 0. The Balaban J connectivity index is 3.17. The Bertz CT molecular complexity index is 647. The molecular weight excluding hydrogens is 576 g/mol. The van der Waals surface area contributed by atoms with Crippen LogP contribution in [-0.4, -0.2) is 116 Å². The van der Waals surface area contributed by atoms with Gasteiger partial charge in [0.1, 0.15) is 13.2 Å². The first-order valence-corrected chi connectivity index (χ1v) is 16.6. The molecule has 260 valence electrons. The van der Waals surface area contributed by atoms with E-state index in [0.29, 0.717) is 91.9 Å². The second kappa shape index (κ2) is 35.6. The standard InChI is InChI=1S/C32H60O12/c1-2-3-4-5-6-7-8-9-10-14-31(35)43-28-26-41-24-22-39-20-18-37-16-17-38-19-21-40-23-25-42-27-29-44-32(36)15-12-11-13-30(33)34/h2-29H2,1H3,(H,33,34). The molecule has 0 aromatic heterocycles. The smallest absolute Gasteiger partial charge is 0.305 e. The highest BCUT2D eigenvalue weighted by molar-refractivity contribution is 5.70. The summed E-state index contributed by atoms with van der Waals surface area (Å²) in [6.07, 6.45) is 12.8. The Hall–Kier alpha value is -1.83. The third kappa shape index (κ3) is 36.4. The molecule has 0 atom stereocenters. The molecule has 0 saturated heterocycles. The molecule has 0 heterocycles. The van der Waals surface area contributed by atoms with Crippen LogP contribution in [0.2, 0.25) is 0 Å². The van der Waals surface area contributed by atoms with Gasteiger partial charge in [-0.1, -0.05) is 58.3 Å². The van der Waals surface area contributed by atoms with Crippen LogP contribution in [-0.2, 0) is 52.3 Å². The third-order valence-corrected chi connectivity index (χ3v) is 6.35. The minimum absolute atomic E-state index is 0.0607. The number of carboxylic acids is 1. The normalized spacial score (nSPS) is 11.1. The van der Waals surface area contributed by atoms with Gasteiger partial charge < -0.3 is 43.0 Å². The number of carbonyl (C=O) groups excluding carboxylic acids is 2. The van der Waals surface area contributed by atoms with Crippen molar-refractivity contribution in [2.75, 3.05) is 92.5 Å². The zero-order valence-electron chi connectivity index (χ0n) is 27.2. The average Bonchev–Trinajstić information content (AvgIpc) is 3.00. The lowest BCUT2D eigenvalue weighted by atomic mass is 10.1. The third-order valence-electron chi connectivity index (χ3n) is 6.35. The molecule has 0 aliphatic heterocycles. The maximum absolute atomic E-state index is 11.7. The zero-order valence-corrected chi connectivity index (χ0v) is 27.2. The van der Waals surface area contributed by atoms with Crippen molar-refractivity contribution in [3.63, 3.8) is 0 Å². The van der Waals surface area contributed by atoms with Gasteiger partial charge in [-0.15, -0.1) is 0 Å². The molecular formula is C32H60O12. The SMILES string of the molecule is CCCCCCCCCCCC(=O)OCCOCCOCCOCCOCCOCCOCCOC(=O)CCCCC(=O)O. The summed E-state index contributed by atoms with van der Waals surface area (Å²) >= 11 is 0. The zero-order chi connectivity index (χ0) is 32.2. The van der Waals surface area contributed by atoms with E-state index in [9.17, 15) is 14.4 Å². The molecule has 0 spiro atoms. The van der Waals surface area contributed by atoms with E-state index in [4.69, 9.17) is 43.0 Å². The fourth-order valence-electron chi connectivity index (χ4n) is 3.90. The van der Waals surface area contributed by atoms with E-state index in [1.807, 2.05) is 0 Å². The number of hydrogen-bond donors (Lipinski definition) is 1. The maximum Gasteiger partial charge on any atom is 0.305 e. The Morgan fingerprint density at radius 3 is 1.00 bits per heavy atom. The predicted molar refractivity (Wildman–Crippen MR) is 165 cm³/mol. The molecule has 0 radical (unpaired) electrons. The van der Waals surface area contributed by atoms with Crippen molar-refractivity contribution in [1.82, 2.24) is 0 Å². The van der Waals surface area contributed by atoms with Crippen molar-refractivity contribution in [2.45, 2.75) is 96.8 Å². The fraction of sp³-hybridized carbons (Fsp3) is 0.906. The van der Waals surface area contributed by atoms with Crippen LogP contribution in [0.1, 0.15) is 96.8 Å². The van der Waals surface area contributed by atoms with Crippen LogP contribution >= 0.6 is 0 Å². The lowest BCUT2D eigenvalue weighted by Gasteiger charge is -2.09. The number of carboxylic acid groups (broad SMARTS) is 1. The van der Waals surface area contributed by atoms with Gasteiger partial charge in [-0.2, -0.15) is 0 Å². The van der Waals surface area contributed by atoms with E-state index < -0.39 is 5.97 Å². The summed E-state index contributed by atoms with van der Waals surface area (Å²) in [5.74, 6) is -1.36. The van der Waals surface area contributed by atoms with Crippen molar-refractivity contribution in [3.8, 4) is 0 Å². The number of unbranched alkanes of at least 4 members (excludes halogenated alkanes) is 9. The monoisotopic (exact) mass is 636 g/mol. The van der Waals surface area contributed by atoms with Crippen molar-refractivity contribution in [1.29, 1.82) is 0 Å². The van der Waals surface area contributed by atoms with Crippen LogP contribution in [0.5, 0.6) is 0 Å². The van der Waals surface area contributed by atoms with Gasteiger partial charge in [-0.05, 0) is 19.3 Å². The topological polar surface area (TPSA) is 145 Å². The Morgan fingerprint density at radius 1 is 0.386 bits per heavy atom. The quantitative estimate of drug-likeness (QED) is 0.0749. The van der Waals surface area contributed by atoms with Gasteiger partial charge >= 0.3 is 17.9 Å². The van der Waals surface area contributed by atoms with Gasteiger partial charge in [0.05, 0.1) is 79.3 Å². The predicted octanol–water partition coefficient (Wildman–Crippen LogP) is 4.74. The second-order valence-electron chi connectivity index (χ2n) is 10.3. The molecule has 12 heteroatoms. The summed E-state index contributed by atoms with van der Waals surface area (Å²) in [4.78, 5) is 33.6. The number of carbonyl (C=O) groups is 3. The highest BCUT2D eigenvalue weighted by Crippen LogP contribution is 2.10. The Labute approximate surface area is 264 Å². The summed E-state index contributed by atoms with van der Waals surface area (Å²) < 4.78 is 42.7. The molecule has 44 heavy (non-hydrogen) atoms. The average molecular weight is 637 g/mol. The van der Waals surface area contributed by atoms with E-state index in [-0.39, 0.29) is 44.6 Å². The lowest BCUT2D eigenvalue weighted by molar-refractivity contribution is -0.146. The molecule has 0 aromatic carbocycles. The first kappa shape index (κ1) is 42.2. The molecule has 0 aliphatic carbocycles. The van der Waals surface area contributed by atoms with E-state index in [1.54, 1.807) is 0 Å². The number of hydrogen-bond acceptors (Lipinski definition) is 11.